The lowest BCUT2D eigenvalue weighted by molar-refractivity contribution is 0.108. The van der Waals surface area contributed by atoms with Gasteiger partial charge >= 0.3 is 0 Å². The molecule has 0 aromatic heterocycles. The van der Waals surface area contributed by atoms with Crippen LogP contribution in [0.1, 0.15) is 15.9 Å². The smallest absolute Gasteiger partial charge is 0.252 e. The van der Waals surface area contributed by atoms with Gasteiger partial charge in [-0.25, -0.2) is 0 Å². The van der Waals surface area contributed by atoms with Crippen molar-refractivity contribution >= 4 is 44.4 Å². The second-order valence-electron chi connectivity index (χ2n) is 4.14. The van der Waals surface area contributed by atoms with E-state index in [-0.39, 0.29) is 6.61 Å². The maximum atomic E-state index is 11.2. The van der Waals surface area contributed by atoms with Crippen LogP contribution in [-0.4, -0.2) is 12.4 Å². The normalized spacial score (nSPS) is 10.3. The number of carbonyl (C=O) groups excluding carboxylic acids is 1. The highest BCUT2D eigenvalue weighted by Gasteiger charge is 2.15. The fourth-order valence-corrected chi connectivity index (χ4v) is 2.59. The van der Waals surface area contributed by atoms with E-state index in [1.807, 2.05) is 18.2 Å². The first-order valence-electron chi connectivity index (χ1n) is 5.96. The van der Waals surface area contributed by atoms with Crippen LogP contribution in [0.2, 0.25) is 5.02 Å². The third kappa shape index (κ3) is 3.90. The molecule has 0 aliphatic carbocycles. The van der Waals surface area contributed by atoms with Gasteiger partial charge in [0.1, 0.15) is 6.61 Å². The largest absolute Gasteiger partial charge is 0.493 e. The van der Waals surface area contributed by atoms with Crippen LogP contribution in [-0.2, 0) is 6.61 Å². The molecule has 0 saturated heterocycles. The summed E-state index contributed by atoms with van der Waals surface area (Å²) in [6.07, 6.45) is 0. The van der Waals surface area contributed by atoms with Crippen molar-refractivity contribution < 1.29 is 14.3 Å². The lowest BCUT2D eigenvalue weighted by atomic mass is 10.2. The lowest BCUT2D eigenvalue weighted by Gasteiger charge is -2.14. The summed E-state index contributed by atoms with van der Waals surface area (Å²) in [4.78, 5) is 11.2. The lowest BCUT2D eigenvalue weighted by Crippen LogP contribution is -2.01. The Morgan fingerprint density at radius 3 is 2.62 bits per heavy atom. The highest BCUT2D eigenvalue weighted by molar-refractivity contribution is 9.10. The summed E-state index contributed by atoms with van der Waals surface area (Å²) < 4.78 is 11.6. The maximum absolute atomic E-state index is 11.2. The van der Waals surface area contributed by atoms with E-state index in [9.17, 15) is 4.79 Å². The molecule has 110 valence electrons. The summed E-state index contributed by atoms with van der Waals surface area (Å²) in [7, 11) is 1.49. The minimum Gasteiger partial charge on any atom is -0.493 e. The topological polar surface area (TPSA) is 35.5 Å². The van der Waals surface area contributed by atoms with Gasteiger partial charge in [0.05, 0.1) is 11.6 Å². The van der Waals surface area contributed by atoms with Crippen LogP contribution in [0.15, 0.2) is 40.9 Å². The zero-order valence-corrected chi connectivity index (χ0v) is 14.1. The van der Waals surface area contributed by atoms with Gasteiger partial charge in [0.15, 0.2) is 11.5 Å². The second kappa shape index (κ2) is 7.16. The van der Waals surface area contributed by atoms with Crippen LogP contribution in [0, 0.1) is 0 Å². The summed E-state index contributed by atoms with van der Waals surface area (Å²) >= 11 is 14.9. The minimum absolute atomic E-state index is 0.281. The van der Waals surface area contributed by atoms with Crippen LogP contribution in [0.3, 0.4) is 0 Å². The molecular formula is C15H11BrCl2O3. The molecule has 0 unspecified atom stereocenters. The Morgan fingerprint density at radius 1 is 1.29 bits per heavy atom. The van der Waals surface area contributed by atoms with Gasteiger partial charge in [0, 0.05) is 16.1 Å². The highest BCUT2D eigenvalue weighted by atomic mass is 79.9. The molecule has 0 saturated carbocycles. The number of benzene rings is 2. The third-order valence-electron chi connectivity index (χ3n) is 2.79. The van der Waals surface area contributed by atoms with Crippen LogP contribution >= 0.6 is 39.1 Å². The predicted octanol–water partition coefficient (Wildman–Crippen LogP) is 5.07. The molecule has 2 aromatic carbocycles. The van der Waals surface area contributed by atoms with Crippen molar-refractivity contribution in [3.05, 3.63) is 57.0 Å². The molecule has 3 nitrogen and oxygen atoms in total. The number of carbonyl (C=O) groups is 1. The van der Waals surface area contributed by atoms with Gasteiger partial charge in [-0.05, 0) is 45.7 Å². The van der Waals surface area contributed by atoms with Crippen molar-refractivity contribution in [2.75, 3.05) is 7.11 Å². The molecule has 0 heterocycles. The molecule has 0 aliphatic rings. The van der Waals surface area contributed by atoms with Crippen LogP contribution in [0.4, 0.5) is 0 Å². The molecule has 0 fully saturated rings. The Bertz CT molecular complexity index is 674. The van der Waals surface area contributed by atoms with E-state index in [1.165, 1.54) is 13.2 Å². The van der Waals surface area contributed by atoms with Gasteiger partial charge in [-0.1, -0.05) is 29.8 Å². The van der Waals surface area contributed by atoms with Gasteiger partial charge < -0.3 is 9.47 Å². The van der Waals surface area contributed by atoms with E-state index in [2.05, 4.69) is 15.9 Å². The number of rotatable bonds is 5. The summed E-state index contributed by atoms with van der Waals surface area (Å²) in [6.45, 7) is 0.281. The van der Waals surface area contributed by atoms with Crippen LogP contribution < -0.4 is 9.47 Å². The number of halogens is 3. The average molecular weight is 390 g/mol. The zero-order valence-electron chi connectivity index (χ0n) is 11.0. The molecule has 2 rings (SSSR count). The van der Waals surface area contributed by atoms with E-state index in [0.717, 1.165) is 5.56 Å². The SMILES string of the molecule is COc1cc(C(=O)Cl)cc(Br)c1OCc1ccccc1Cl. The first-order chi connectivity index (χ1) is 10.0. The average Bonchev–Trinajstić information content (AvgIpc) is 2.46. The molecular weight excluding hydrogens is 379 g/mol. The highest BCUT2D eigenvalue weighted by Crippen LogP contribution is 2.37. The Hall–Kier alpha value is -1.23. The van der Waals surface area contributed by atoms with E-state index in [4.69, 9.17) is 32.7 Å². The Balaban J connectivity index is 2.28. The summed E-state index contributed by atoms with van der Waals surface area (Å²) in [5, 5.41) is 0.0619. The fourth-order valence-electron chi connectivity index (χ4n) is 1.74. The van der Waals surface area contributed by atoms with E-state index < -0.39 is 5.24 Å². The van der Waals surface area contributed by atoms with Crippen molar-refractivity contribution in [2.24, 2.45) is 0 Å². The minimum atomic E-state index is -0.563. The van der Waals surface area contributed by atoms with Gasteiger partial charge in [-0.15, -0.1) is 0 Å². The van der Waals surface area contributed by atoms with Crippen LogP contribution in [0.5, 0.6) is 11.5 Å². The second-order valence-corrected chi connectivity index (χ2v) is 5.75. The van der Waals surface area contributed by atoms with Crippen molar-refractivity contribution in [1.29, 1.82) is 0 Å². The third-order valence-corrected chi connectivity index (χ3v) is 3.96. The molecule has 0 bridgehead atoms. The first-order valence-corrected chi connectivity index (χ1v) is 7.51. The first kappa shape index (κ1) is 16.1. The molecule has 21 heavy (non-hydrogen) atoms. The number of ether oxygens (including phenoxy) is 2. The van der Waals surface area contributed by atoms with Gasteiger partial charge in [-0.3, -0.25) is 4.79 Å². The molecule has 0 spiro atoms. The summed E-state index contributed by atoms with van der Waals surface area (Å²) in [5.41, 5.74) is 1.18. The molecule has 2 aromatic rings. The molecule has 0 amide bonds. The van der Waals surface area contributed by atoms with Crippen molar-refractivity contribution in [2.45, 2.75) is 6.61 Å². The molecule has 0 radical (unpaired) electrons. The van der Waals surface area contributed by atoms with Crippen molar-refractivity contribution in [3.63, 3.8) is 0 Å². The van der Waals surface area contributed by atoms with Crippen molar-refractivity contribution in [3.8, 4) is 11.5 Å². The van der Waals surface area contributed by atoms with Crippen LogP contribution in [0.25, 0.3) is 0 Å². The Morgan fingerprint density at radius 2 is 2.00 bits per heavy atom. The Labute approximate surface area is 140 Å². The quantitative estimate of drug-likeness (QED) is 0.669. The van der Waals surface area contributed by atoms with E-state index >= 15 is 0 Å². The van der Waals surface area contributed by atoms with Gasteiger partial charge in [0.2, 0.25) is 0 Å². The fraction of sp³-hybridized carbons (Fsp3) is 0.133. The Kier molecular flexibility index (Phi) is 5.51. The van der Waals surface area contributed by atoms with E-state index in [1.54, 1.807) is 12.1 Å². The molecule has 0 aliphatic heterocycles. The van der Waals surface area contributed by atoms with Crippen molar-refractivity contribution in [1.82, 2.24) is 0 Å². The molecule has 0 atom stereocenters. The van der Waals surface area contributed by atoms with Gasteiger partial charge in [0.25, 0.3) is 5.24 Å². The molecule has 0 N–H and O–H groups in total. The monoisotopic (exact) mass is 388 g/mol. The van der Waals surface area contributed by atoms with Gasteiger partial charge in [-0.2, -0.15) is 0 Å². The predicted molar refractivity (Wildman–Crippen MR) is 86.7 cm³/mol. The van der Waals surface area contributed by atoms with E-state index in [0.29, 0.717) is 26.6 Å². The maximum Gasteiger partial charge on any atom is 0.252 e. The summed E-state index contributed by atoms with van der Waals surface area (Å²) in [6, 6.07) is 10.5. The zero-order chi connectivity index (χ0) is 15.4. The standard InChI is InChI=1S/C15H11BrCl2O3/c1-20-13-7-10(15(18)19)6-11(16)14(13)21-8-9-4-2-3-5-12(9)17/h2-7H,8H2,1H3. The number of methoxy groups -OCH3 is 1. The molecule has 6 heteroatoms. The number of hydrogen-bond acceptors (Lipinski definition) is 3. The number of hydrogen-bond donors (Lipinski definition) is 0. The summed E-state index contributed by atoms with van der Waals surface area (Å²) in [5.74, 6) is 0.902.